The van der Waals surface area contributed by atoms with E-state index in [0.29, 0.717) is 19.3 Å². The normalized spacial score (nSPS) is 16.1. The Hall–Kier alpha value is -2.42. The summed E-state index contributed by atoms with van der Waals surface area (Å²) in [4.78, 5) is 49.4. The number of carboxylic acid groups (broad SMARTS) is 1. The van der Waals surface area contributed by atoms with E-state index in [-0.39, 0.29) is 12.6 Å². The molecule has 0 spiro atoms. The van der Waals surface area contributed by atoms with Gasteiger partial charge in [0.1, 0.15) is 5.56 Å². The number of aromatic hydroxyl groups is 1. The summed E-state index contributed by atoms with van der Waals surface area (Å²) in [6, 6.07) is -2.32. The summed E-state index contributed by atoms with van der Waals surface area (Å²) in [5, 5.41) is 19.7. The SMILES string of the molecule is CCCCCCn1c(=O)c(C(=O)C(N)C(=O)O)c(O)n(C2CCCCC2)c1=O. The number of aliphatic carboxylic acids is 1. The van der Waals surface area contributed by atoms with Crippen LogP contribution in [0.25, 0.3) is 0 Å². The zero-order valence-electron chi connectivity index (χ0n) is 16.2. The van der Waals surface area contributed by atoms with Crippen molar-refractivity contribution >= 4 is 11.8 Å². The topological polar surface area (TPSA) is 145 Å². The molecule has 9 heteroatoms. The minimum absolute atomic E-state index is 0.104. The van der Waals surface area contributed by atoms with Gasteiger partial charge in [-0.05, 0) is 19.3 Å². The summed E-state index contributed by atoms with van der Waals surface area (Å²) in [6.45, 7) is 2.14. The second-order valence-electron chi connectivity index (χ2n) is 7.34. The van der Waals surface area contributed by atoms with Crippen LogP contribution in [0.2, 0.25) is 0 Å². The van der Waals surface area contributed by atoms with E-state index in [9.17, 15) is 24.3 Å². The van der Waals surface area contributed by atoms with Crippen LogP contribution in [0.3, 0.4) is 0 Å². The highest BCUT2D eigenvalue weighted by Gasteiger charge is 2.33. The van der Waals surface area contributed by atoms with Gasteiger partial charge in [-0.15, -0.1) is 0 Å². The van der Waals surface area contributed by atoms with E-state index >= 15 is 0 Å². The summed E-state index contributed by atoms with van der Waals surface area (Å²) >= 11 is 0. The molecule has 1 atom stereocenters. The van der Waals surface area contributed by atoms with Crippen LogP contribution >= 0.6 is 0 Å². The third-order valence-electron chi connectivity index (χ3n) is 5.32. The van der Waals surface area contributed by atoms with E-state index in [4.69, 9.17) is 10.8 Å². The maximum Gasteiger partial charge on any atom is 0.334 e. The zero-order chi connectivity index (χ0) is 20.8. The number of hydrogen-bond acceptors (Lipinski definition) is 6. The predicted octanol–water partition coefficient (Wildman–Crippen LogP) is 1.40. The first kappa shape index (κ1) is 21.9. The lowest BCUT2D eigenvalue weighted by Gasteiger charge is -2.26. The van der Waals surface area contributed by atoms with Crippen LogP contribution in [0.5, 0.6) is 5.88 Å². The number of unbranched alkanes of at least 4 members (excludes halogenated alkanes) is 3. The van der Waals surface area contributed by atoms with Crippen LogP contribution in [0.15, 0.2) is 9.59 Å². The van der Waals surface area contributed by atoms with E-state index in [1.807, 2.05) is 6.92 Å². The van der Waals surface area contributed by atoms with Gasteiger partial charge in [-0.1, -0.05) is 45.4 Å². The van der Waals surface area contributed by atoms with Gasteiger partial charge in [0, 0.05) is 12.6 Å². The van der Waals surface area contributed by atoms with Crippen LogP contribution < -0.4 is 17.0 Å². The first-order valence-corrected chi connectivity index (χ1v) is 9.92. The van der Waals surface area contributed by atoms with Crippen molar-refractivity contribution < 1.29 is 19.8 Å². The Kier molecular flexibility index (Phi) is 7.56. The van der Waals surface area contributed by atoms with Gasteiger partial charge >= 0.3 is 11.7 Å². The summed E-state index contributed by atoms with van der Waals surface area (Å²) in [5.74, 6) is -3.57. The first-order valence-electron chi connectivity index (χ1n) is 9.92. The van der Waals surface area contributed by atoms with Crippen LogP contribution in [-0.4, -0.2) is 37.1 Å². The quantitative estimate of drug-likeness (QED) is 0.325. The second-order valence-corrected chi connectivity index (χ2v) is 7.34. The first-order chi connectivity index (χ1) is 13.3. The third kappa shape index (κ3) is 4.52. The van der Waals surface area contributed by atoms with Crippen molar-refractivity contribution in [2.45, 2.75) is 83.3 Å². The largest absolute Gasteiger partial charge is 0.494 e. The molecule has 156 valence electrons. The second kappa shape index (κ2) is 9.68. The lowest BCUT2D eigenvalue weighted by atomic mass is 9.95. The molecule has 28 heavy (non-hydrogen) atoms. The Balaban J connectivity index is 2.59. The standard InChI is InChI=1S/C19H29N3O6/c1-2-3-4-8-11-21-16(24)13(15(23)14(20)18(26)27)17(25)22(19(21)28)12-9-6-5-7-10-12/h12,14,25H,2-11,20H2,1H3,(H,26,27). The summed E-state index contributed by atoms with van der Waals surface area (Å²) < 4.78 is 2.02. The van der Waals surface area contributed by atoms with Gasteiger partial charge in [-0.2, -0.15) is 0 Å². The molecule has 0 saturated heterocycles. The number of carbonyl (C=O) groups is 2. The number of ketones is 1. The number of carboxylic acids is 1. The lowest BCUT2D eigenvalue weighted by Crippen LogP contribution is -2.47. The van der Waals surface area contributed by atoms with Gasteiger partial charge in [0.05, 0.1) is 0 Å². The predicted molar refractivity (Wildman–Crippen MR) is 103 cm³/mol. The molecule has 1 fully saturated rings. The third-order valence-corrected chi connectivity index (χ3v) is 5.32. The molecule has 9 nitrogen and oxygen atoms in total. The zero-order valence-corrected chi connectivity index (χ0v) is 16.2. The fraction of sp³-hybridized carbons (Fsp3) is 0.684. The lowest BCUT2D eigenvalue weighted by molar-refractivity contribution is -0.137. The van der Waals surface area contributed by atoms with Crippen LogP contribution in [-0.2, 0) is 11.3 Å². The van der Waals surface area contributed by atoms with Crippen molar-refractivity contribution in [3.8, 4) is 5.88 Å². The van der Waals surface area contributed by atoms with Gasteiger partial charge in [0.25, 0.3) is 5.56 Å². The van der Waals surface area contributed by atoms with Crippen molar-refractivity contribution in [3.05, 3.63) is 26.4 Å². The van der Waals surface area contributed by atoms with Crippen LogP contribution in [0, 0.1) is 0 Å². The molecule has 1 aliphatic rings. The Morgan fingerprint density at radius 2 is 1.79 bits per heavy atom. The smallest absolute Gasteiger partial charge is 0.334 e. The summed E-state index contributed by atoms with van der Waals surface area (Å²) in [7, 11) is 0. The van der Waals surface area contributed by atoms with Crippen molar-refractivity contribution in [2.75, 3.05) is 0 Å². The summed E-state index contributed by atoms with van der Waals surface area (Å²) in [5.41, 5.74) is 3.04. The Bertz CT molecular complexity index is 835. The van der Waals surface area contributed by atoms with Gasteiger partial charge in [-0.25, -0.2) is 4.79 Å². The highest BCUT2D eigenvalue weighted by molar-refractivity contribution is 6.12. The van der Waals surface area contributed by atoms with E-state index in [1.165, 1.54) is 0 Å². The van der Waals surface area contributed by atoms with Gasteiger partial charge in [-0.3, -0.25) is 23.5 Å². The molecule has 1 aliphatic carbocycles. The average Bonchev–Trinajstić information content (AvgIpc) is 2.67. The minimum Gasteiger partial charge on any atom is -0.494 e. The number of carbonyl (C=O) groups excluding carboxylic acids is 1. The van der Waals surface area contributed by atoms with E-state index < -0.39 is 40.5 Å². The molecule has 0 radical (unpaired) electrons. The molecule has 1 aromatic rings. The summed E-state index contributed by atoms with van der Waals surface area (Å²) in [6.07, 6.45) is 7.32. The minimum atomic E-state index is -1.98. The fourth-order valence-corrected chi connectivity index (χ4v) is 3.70. The molecule has 1 heterocycles. The molecule has 0 bridgehead atoms. The van der Waals surface area contributed by atoms with Gasteiger partial charge in [0.15, 0.2) is 6.04 Å². The molecule has 1 unspecified atom stereocenters. The molecule has 0 amide bonds. The van der Waals surface area contributed by atoms with Crippen molar-refractivity contribution in [1.82, 2.24) is 9.13 Å². The van der Waals surface area contributed by atoms with Gasteiger partial charge < -0.3 is 15.9 Å². The number of Topliss-reactive ketones (excluding diaryl/α,β-unsaturated/α-hetero) is 1. The highest BCUT2D eigenvalue weighted by atomic mass is 16.4. The number of nitrogens with zero attached hydrogens (tertiary/aromatic N) is 2. The molecule has 4 N–H and O–H groups in total. The molecule has 0 aromatic carbocycles. The van der Waals surface area contributed by atoms with Crippen LogP contribution in [0.4, 0.5) is 0 Å². The number of rotatable bonds is 9. The van der Waals surface area contributed by atoms with Crippen molar-refractivity contribution in [3.63, 3.8) is 0 Å². The van der Waals surface area contributed by atoms with Gasteiger partial charge in [0.2, 0.25) is 11.7 Å². The molecular weight excluding hydrogens is 366 g/mol. The average molecular weight is 395 g/mol. The molecule has 2 rings (SSSR count). The maximum absolute atomic E-state index is 13.0. The van der Waals surface area contributed by atoms with Crippen LogP contribution in [0.1, 0.15) is 81.1 Å². The molecular formula is C19H29N3O6. The Morgan fingerprint density at radius 1 is 1.14 bits per heavy atom. The fourth-order valence-electron chi connectivity index (χ4n) is 3.70. The molecule has 0 aliphatic heterocycles. The highest BCUT2D eigenvalue weighted by Crippen LogP contribution is 2.30. The van der Waals surface area contributed by atoms with E-state index in [2.05, 4.69) is 0 Å². The molecule has 1 saturated carbocycles. The van der Waals surface area contributed by atoms with E-state index in [0.717, 1.165) is 47.7 Å². The number of hydrogen-bond donors (Lipinski definition) is 3. The Labute approximate surface area is 162 Å². The number of aromatic nitrogens is 2. The maximum atomic E-state index is 13.0. The van der Waals surface area contributed by atoms with Crippen molar-refractivity contribution in [2.24, 2.45) is 5.73 Å². The molecule has 1 aromatic heterocycles. The number of nitrogens with two attached hydrogens (primary N) is 1. The van der Waals surface area contributed by atoms with E-state index in [1.54, 1.807) is 0 Å². The Morgan fingerprint density at radius 3 is 2.36 bits per heavy atom. The van der Waals surface area contributed by atoms with Crippen molar-refractivity contribution in [1.29, 1.82) is 0 Å². The monoisotopic (exact) mass is 395 g/mol.